The van der Waals surface area contributed by atoms with E-state index in [9.17, 15) is 28.0 Å². The lowest BCUT2D eigenvalue weighted by Crippen LogP contribution is -2.59. The lowest BCUT2D eigenvalue weighted by atomic mass is 10.1. The maximum Gasteiger partial charge on any atom is 0.272 e. The fraction of sp³-hybridized carbons (Fsp3) is 0.323. The number of hydrogen-bond donors (Lipinski definition) is 4. The number of nitrogens with one attached hydrogen (secondary N) is 4. The number of aromatic amines is 4. The molecule has 0 radical (unpaired) electrons. The molecule has 3 fully saturated rings. The van der Waals surface area contributed by atoms with E-state index in [2.05, 4.69) is 67.7 Å². The van der Waals surface area contributed by atoms with E-state index in [1.165, 1.54) is 48.5 Å². The van der Waals surface area contributed by atoms with Gasteiger partial charge in [0.05, 0.1) is 24.0 Å². The molecule has 2 saturated heterocycles. The number of imidazole rings is 2. The number of hydrogen-bond acceptors (Lipinski definition) is 12. The van der Waals surface area contributed by atoms with Crippen molar-refractivity contribution in [2.24, 2.45) is 0 Å². The average molecular weight is 1110 g/mol. The highest BCUT2D eigenvalue weighted by Crippen LogP contribution is 2.42. The summed E-state index contributed by atoms with van der Waals surface area (Å²) in [5.74, 6) is 1.70. The zero-order valence-electron chi connectivity index (χ0n) is 46.0. The molecule has 18 nitrogen and oxygen atoms in total. The first kappa shape index (κ1) is 55.4. The second-order valence-corrected chi connectivity index (χ2v) is 21.4. The van der Waals surface area contributed by atoms with Crippen molar-refractivity contribution < 1.29 is 18.3 Å². The summed E-state index contributed by atoms with van der Waals surface area (Å²) in [6, 6.07) is 25.5. The number of hydrazine groups is 1. The maximum absolute atomic E-state index is 13.4. The first-order chi connectivity index (χ1) is 39.8. The number of aryl methyl sites for hydroxylation is 2. The molecule has 82 heavy (non-hydrogen) atoms. The molecular formula is C62H66F2N12O6. The summed E-state index contributed by atoms with van der Waals surface area (Å²) in [7, 11) is 0. The van der Waals surface area contributed by atoms with E-state index in [1.807, 2.05) is 12.7 Å². The second kappa shape index (κ2) is 25.1. The van der Waals surface area contributed by atoms with Gasteiger partial charge in [-0.3, -0.25) is 19.2 Å². The molecule has 1 saturated carbocycles. The number of aromatic nitrogens is 8. The Bertz CT molecular complexity index is 3800. The summed E-state index contributed by atoms with van der Waals surface area (Å²) in [6.45, 7) is 15.7. The number of rotatable bonds is 19. The third-order valence-corrected chi connectivity index (χ3v) is 15.1. The predicted octanol–water partition coefficient (Wildman–Crippen LogP) is 4.64. The Kier molecular flexibility index (Phi) is 16.9. The van der Waals surface area contributed by atoms with Crippen molar-refractivity contribution in [3.63, 3.8) is 0 Å². The third kappa shape index (κ3) is 13.8. The van der Waals surface area contributed by atoms with Crippen LogP contribution >= 0.6 is 0 Å². The van der Waals surface area contributed by atoms with Crippen LogP contribution in [-0.2, 0) is 13.1 Å². The lowest BCUT2D eigenvalue weighted by molar-refractivity contribution is -0.0816. The van der Waals surface area contributed by atoms with Gasteiger partial charge in [-0.25, -0.2) is 28.8 Å². The van der Waals surface area contributed by atoms with Crippen LogP contribution in [0.2, 0.25) is 0 Å². The summed E-state index contributed by atoms with van der Waals surface area (Å²) in [5.41, 5.74) is 2.97. The van der Waals surface area contributed by atoms with Gasteiger partial charge in [0, 0.05) is 82.8 Å². The molecule has 1 aliphatic carbocycles. The fourth-order valence-electron chi connectivity index (χ4n) is 10.9. The predicted molar refractivity (Wildman–Crippen MR) is 310 cm³/mol. The third-order valence-electron chi connectivity index (χ3n) is 15.1. The molecule has 6 heterocycles. The van der Waals surface area contributed by atoms with Crippen molar-refractivity contribution in [1.29, 1.82) is 0 Å². The highest BCUT2D eigenvalue weighted by molar-refractivity contribution is 5.53. The minimum atomic E-state index is -0.451. The molecule has 11 rings (SSSR count). The van der Waals surface area contributed by atoms with Gasteiger partial charge in [0.15, 0.2) is 0 Å². The first-order valence-corrected chi connectivity index (χ1v) is 28.1. The molecule has 424 valence electrons. The Morgan fingerprint density at radius 3 is 1.38 bits per heavy atom. The molecule has 0 bridgehead atoms. The van der Waals surface area contributed by atoms with Crippen LogP contribution in [-0.4, -0.2) is 124 Å². The Morgan fingerprint density at radius 2 is 0.927 bits per heavy atom. The molecule has 0 unspecified atom stereocenters. The van der Waals surface area contributed by atoms with Gasteiger partial charge >= 0.3 is 0 Å². The van der Waals surface area contributed by atoms with E-state index in [-0.39, 0.29) is 38.9 Å². The van der Waals surface area contributed by atoms with Gasteiger partial charge in [-0.15, -0.1) is 0 Å². The Hall–Kier alpha value is -8.56. The van der Waals surface area contributed by atoms with E-state index in [4.69, 9.17) is 14.5 Å². The van der Waals surface area contributed by atoms with Gasteiger partial charge in [-0.05, 0) is 153 Å². The molecule has 4 N–H and O–H groups in total. The number of nitrogens with zero attached hydrogens (tertiary/aromatic N) is 8. The molecular weight excluding hydrogens is 1050 g/mol. The van der Waals surface area contributed by atoms with Gasteiger partial charge in [-0.1, -0.05) is 38.1 Å². The van der Waals surface area contributed by atoms with Gasteiger partial charge in [0.25, 0.3) is 22.2 Å². The Labute approximate surface area is 470 Å². The molecule has 8 aromatic rings. The van der Waals surface area contributed by atoms with Crippen LogP contribution in [0.1, 0.15) is 85.3 Å². The molecule has 4 aromatic heterocycles. The molecule has 2 aliphatic heterocycles. The minimum Gasteiger partial charge on any atom is -0.457 e. The van der Waals surface area contributed by atoms with Crippen LogP contribution in [0.25, 0.3) is 24.3 Å². The number of ether oxygens (including phenoxy) is 2. The summed E-state index contributed by atoms with van der Waals surface area (Å²) < 4.78 is 42.8. The zero-order valence-corrected chi connectivity index (χ0v) is 46.0. The maximum atomic E-state index is 13.4. The highest BCUT2D eigenvalue weighted by atomic mass is 19.1. The van der Waals surface area contributed by atoms with E-state index in [0.717, 1.165) is 116 Å². The van der Waals surface area contributed by atoms with Gasteiger partial charge in [-0.2, -0.15) is 0 Å². The van der Waals surface area contributed by atoms with Crippen LogP contribution in [0, 0.1) is 11.6 Å². The normalized spacial score (nSPS) is 16.7. The molecule has 3 aliphatic rings. The second-order valence-electron chi connectivity index (χ2n) is 21.4. The topological polar surface area (TPSA) is 198 Å². The summed E-state index contributed by atoms with van der Waals surface area (Å²) in [4.78, 5) is 78.7. The number of piperazine rings is 2. The zero-order chi connectivity index (χ0) is 56.7. The van der Waals surface area contributed by atoms with Crippen LogP contribution < -0.4 is 53.1 Å². The molecule has 0 amide bonds. The lowest BCUT2D eigenvalue weighted by Gasteiger charge is -2.45. The largest absolute Gasteiger partial charge is 0.457 e. The SMILES string of the molecule is CC(C)c1c(/C=c2\[nH]c(=O)/c(=C/c3cccc(Oc4ccc(F)cc4)c3)[nH]c2=O)ncn1CCCN1CCN(N2CCN(CCCn3cnc(/C=c4\[nH]c(=O)/c(=C/c5cccc(Oc6ccc(F)cc6)c5)[nH]c4=O)c3C3CC3)CC2)CC1. The van der Waals surface area contributed by atoms with Crippen LogP contribution in [0.3, 0.4) is 0 Å². The standard InChI is InChI=1S/C62H66F2N12O6/c1-41(2)57-51(37-55-61(79)67-53(59(77)69-55)35-42-7-3-9-49(33-42)81-47-17-13-45(63)14-18-47)65-39-73(57)23-5-21-71-25-29-75(30-26-71)76-31-27-72(28-32-76)22-6-24-74-40-66-52(58(74)44-11-12-44)38-56-62(80)68-54(60(78)70-56)36-43-8-4-10-50(34-43)82-48-19-15-46(64)16-20-48/h3-4,7-10,13-20,33-41,44H,5-6,11-12,21-32H2,1-2H3,(H,67,79)(H,68,80)(H,69,77)(H,70,78)/b53-35-,54-36-,55-37-,56-38-. The van der Waals surface area contributed by atoms with Crippen LogP contribution in [0.4, 0.5) is 8.78 Å². The summed E-state index contributed by atoms with van der Waals surface area (Å²) in [6.07, 6.45) is 14.2. The Morgan fingerprint density at radius 1 is 0.512 bits per heavy atom. The summed E-state index contributed by atoms with van der Waals surface area (Å²) >= 11 is 0. The average Bonchev–Trinajstić information content (AvgIpc) is 4.15. The molecule has 0 spiro atoms. The molecule has 4 aromatic carbocycles. The van der Waals surface area contributed by atoms with Crippen molar-refractivity contribution in [2.75, 3.05) is 65.4 Å². The van der Waals surface area contributed by atoms with E-state index >= 15 is 0 Å². The van der Waals surface area contributed by atoms with Gasteiger partial charge in [0.1, 0.15) is 56.0 Å². The first-order valence-electron chi connectivity index (χ1n) is 28.1. The van der Waals surface area contributed by atoms with Crippen molar-refractivity contribution in [2.45, 2.75) is 64.5 Å². The summed E-state index contributed by atoms with van der Waals surface area (Å²) in [5, 5.41) is 5.51. The monoisotopic (exact) mass is 1110 g/mol. The molecule has 20 heteroatoms. The number of benzene rings is 4. The Balaban J connectivity index is 0.631. The number of H-pyrrole nitrogens is 4. The fourth-order valence-corrected chi connectivity index (χ4v) is 10.9. The van der Waals surface area contributed by atoms with Crippen molar-refractivity contribution in [3.05, 3.63) is 218 Å². The van der Waals surface area contributed by atoms with Gasteiger partial charge < -0.3 is 48.3 Å². The highest BCUT2D eigenvalue weighted by Gasteiger charge is 2.30. The van der Waals surface area contributed by atoms with E-state index in [0.29, 0.717) is 51.4 Å². The van der Waals surface area contributed by atoms with Crippen LogP contribution in [0.15, 0.2) is 129 Å². The minimum absolute atomic E-state index is 0.0973. The van der Waals surface area contributed by atoms with Crippen molar-refractivity contribution in [1.82, 2.24) is 58.9 Å². The van der Waals surface area contributed by atoms with E-state index in [1.54, 1.807) is 72.8 Å². The van der Waals surface area contributed by atoms with Crippen molar-refractivity contribution in [3.8, 4) is 23.0 Å². The van der Waals surface area contributed by atoms with Crippen LogP contribution in [0.5, 0.6) is 23.0 Å². The van der Waals surface area contributed by atoms with Gasteiger partial charge in [0.2, 0.25) is 0 Å². The smallest absolute Gasteiger partial charge is 0.272 e. The van der Waals surface area contributed by atoms with Crippen molar-refractivity contribution >= 4 is 24.3 Å². The number of halogens is 2. The quantitative estimate of drug-likeness (QED) is 0.0877. The molecule has 0 atom stereocenters. The van der Waals surface area contributed by atoms with E-state index < -0.39 is 22.2 Å².